The number of hydrogen-bond donors (Lipinski definition) is 2. The Balaban J connectivity index is 2.26. The van der Waals surface area contributed by atoms with E-state index in [0.29, 0.717) is 0 Å². The number of amides is 1. The summed E-state index contributed by atoms with van der Waals surface area (Å²) >= 11 is 5.83. The Bertz CT molecular complexity index is 688. The minimum atomic E-state index is -1.14. The van der Waals surface area contributed by atoms with Crippen LogP contribution < -0.4 is 5.32 Å². The summed E-state index contributed by atoms with van der Waals surface area (Å²) in [6.45, 7) is 0. The Kier molecular flexibility index (Phi) is 4.00. The van der Waals surface area contributed by atoms with Crippen molar-refractivity contribution >= 4 is 29.2 Å². The third kappa shape index (κ3) is 3.13. The first kappa shape index (κ1) is 14.0. The number of rotatable bonds is 3. The minimum absolute atomic E-state index is 0.0111. The van der Waals surface area contributed by atoms with E-state index in [-0.39, 0.29) is 21.8 Å². The molecular formula is C14H9ClFNO3. The monoisotopic (exact) mass is 293 g/mol. The van der Waals surface area contributed by atoms with Crippen LogP contribution in [0.15, 0.2) is 42.5 Å². The summed E-state index contributed by atoms with van der Waals surface area (Å²) in [5.74, 6) is -2.24. The molecule has 2 rings (SSSR count). The average Bonchev–Trinajstić information content (AvgIpc) is 2.43. The number of carboxylic acids is 1. The van der Waals surface area contributed by atoms with Crippen LogP contribution in [0.4, 0.5) is 10.1 Å². The number of anilines is 1. The molecule has 0 aromatic heterocycles. The Morgan fingerprint density at radius 2 is 1.80 bits per heavy atom. The Morgan fingerprint density at radius 1 is 1.10 bits per heavy atom. The van der Waals surface area contributed by atoms with E-state index in [1.165, 1.54) is 36.4 Å². The number of nitrogens with one attached hydrogen (secondary N) is 1. The molecule has 0 atom stereocenters. The van der Waals surface area contributed by atoms with E-state index in [4.69, 9.17) is 16.7 Å². The Morgan fingerprint density at radius 3 is 2.50 bits per heavy atom. The molecule has 0 spiro atoms. The number of hydrogen-bond acceptors (Lipinski definition) is 2. The van der Waals surface area contributed by atoms with E-state index < -0.39 is 17.7 Å². The number of carbonyl (C=O) groups is 2. The number of benzene rings is 2. The maximum atomic E-state index is 13.1. The van der Waals surface area contributed by atoms with E-state index >= 15 is 0 Å². The molecule has 0 radical (unpaired) electrons. The van der Waals surface area contributed by atoms with Crippen LogP contribution in [0.1, 0.15) is 20.7 Å². The van der Waals surface area contributed by atoms with Gasteiger partial charge in [-0.15, -0.1) is 0 Å². The quantitative estimate of drug-likeness (QED) is 0.911. The van der Waals surface area contributed by atoms with E-state index in [2.05, 4.69) is 5.32 Å². The van der Waals surface area contributed by atoms with Crippen LogP contribution in [0.2, 0.25) is 5.02 Å². The highest BCUT2D eigenvalue weighted by molar-refractivity contribution is 6.33. The van der Waals surface area contributed by atoms with Crippen LogP contribution >= 0.6 is 11.6 Å². The second kappa shape index (κ2) is 5.71. The highest BCUT2D eigenvalue weighted by Crippen LogP contribution is 2.23. The van der Waals surface area contributed by atoms with Crippen LogP contribution in [0.5, 0.6) is 0 Å². The summed E-state index contributed by atoms with van der Waals surface area (Å²) < 4.78 is 13.1. The normalized spacial score (nSPS) is 10.1. The molecule has 1 amide bonds. The molecule has 0 bridgehead atoms. The molecule has 6 heteroatoms. The van der Waals surface area contributed by atoms with E-state index in [1.807, 2.05) is 0 Å². The van der Waals surface area contributed by atoms with Crippen molar-refractivity contribution in [3.63, 3.8) is 0 Å². The van der Waals surface area contributed by atoms with Crippen LogP contribution in [0, 0.1) is 5.82 Å². The summed E-state index contributed by atoms with van der Waals surface area (Å²) in [5, 5.41) is 11.5. The van der Waals surface area contributed by atoms with E-state index in [0.717, 1.165) is 6.07 Å². The summed E-state index contributed by atoms with van der Waals surface area (Å²) in [5.41, 5.74) is 0.255. The number of carbonyl (C=O) groups excluding carboxylic acids is 1. The second-order valence-electron chi connectivity index (χ2n) is 3.96. The van der Waals surface area contributed by atoms with Crippen molar-refractivity contribution < 1.29 is 19.1 Å². The smallest absolute Gasteiger partial charge is 0.335 e. The standard InChI is InChI=1S/C14H9ClFNO3/c15-11-5-4-10(16)7-12(11)17-13(18)8-2-1-3-9(6-8)14(19)20/h1-7H,(H,17,18)(H,19,20). The van der Waals surface area contributed by atoms with Crippen LogP contribution in [-0.4, -0.2) is 17.0 Å². The molecule has 0 aliphatic carbocycles. The molecule has 0 aliphatic heterocycles. The first-order valence-corrected chi connectivity index (χ1v) is 5.95. The minimum Gasteiger partial charge on any atom is -0.478 e. The topological polar surface area (TPSA) is 66.4 Å². The SMILES string of the molecule is O=C(O)c1cccc(C(=O)Nc2cc(F)ccc2Cl)c1. The second-order valence-corrected chi connectivity index (χ2v) is 4.37. The molecule has 2 aromatic rings. The lowest BCUT2D eigenvalue weighted by molar-refractivity contribution is 0.0697. The zero-order valence-electron chi connectivity index (χ0n) is 10.1. The molecule has 0 fully saturated rings. The number of carboxylic acid groups (broad SMARTS) is 1. The molecule has 0 saturated heterocycles. The van der Waals surface area contributed by atoms with Gasteiger partial charge in [-0.1, -0.05) is 17.7 Å². The molecule has 2 aromatic carbocycles. The maximum Gasteiger partial charge on any atom is 0.335 e. The Hall–Kier alpha value is -2.40. The van der Waals surface area contributed by atoms with Crippen molar-refractivity contribution in [3.05, 3.63) is 64.4 Å². The van der Waals surface area contributed by atoms with Crippen LogP contribution in [-0.2, 0) is 0 Å². The van der Waals surface area contributed by atoms with Gasteiger partial charge in [0.15, 0.2) is 0 Å². The van der Waals surface area contributed by atoms with Gasteiger partial charge in [0.25, 0.3) is 5.91 Å². The predicted octanol–water partition coefficient (Wildman–Crippen LogP) is 3.43. The van der Waals surface area contributed by atoms with E-state index in [1.54, 1.807) is 0 Å². The van der Waals surface area contributed by atoms with Crippen molar-refractivity contribution in [1.82, 2.24) is 0 Å². The van der Waals surface area contributed by atoms with Gasteiger partial charge < -0.3 is 10.4 Å². The molecule has 4 nitrogen and oxygen atoms in total. The lowest BCUT2D eigenvalue weighted by Gasteiger charge is -2.07. The van der Waals surface area contributed by atoms with E-state index in [9.17, 15) is 14.0 Å². The first-order valence-electron chi connectivity index (χ1n) is 5.57. The van der Waals surface area contributed by atoms with Crippen molar-refractivity contribution in [1.29, 1.82) is 0 Å². The van der Waals surface area contributed by atoms with Crippen molar-refractivity contribution in [2.45, 2.75) is 0 Å². The maximum absolute atomic E-state index is 13.1. The van der Waals surface area contributed by atoms with Gasteiger partial charge in [0, 0.05) is 5.56 Å². The highest BCUT2D eigenvalue weighted by atomic mass is 35.5. The summed E-state index contributed by atoms with van der Waals surface area (Å²) in [6, 6.07) is 9.07. The number of halogens is 2. The van der Waals surface area contributed by atoms with Gasteiger partial charge in [-0.2, -0.15) is 0 Å². The molecule has 0 heterocycles. The lowest BCUT2D eigenvalue weighted by Crippen LogP contribution is -2.13. The van der Waals surface area contributed by atoms with Crippen LogP contribution in [0.3, 0.4) is 0 Å². The van der Waals surface area contributed by atoms with Gasteiger partial charge in [-0.3, -0.25) is 4.79 Å². The Labute approximate surface area is 118 Å². The summed E-state index contributed by atoms with van der Waals surface area (Å²) in [6.07, 6.45) is 0. The molecule has 0 saturated carbocycles. The fraction of sp³-hybridized carbons (Fsp3) is 0. The van der Waals surface area contributed by atoms with Gasteiger partial charge >= 0.3 is 5.97 Å². The predicted molar refractivity (Wildman–Crippen MR) is 72.8 cm³/mol. The lowest BCUT2D eigenvalue weighted by atomic mass is 10.1. The van der Waals surface area contributed by atoms with Gasteiger partial charge in [0.05, 0.1) is 16.3 Å². The average molecular weight is 294 g/mol. The molecule has 0 unspecified atom stereocenters. The summed E-state index contributed by atoms with van der Waals surface area (Å²) in [7, 11) is 0. The highest BCUT2D eigenvalue weighted by Gasteiger charge is 2.11. The fourth-order valence-electron chi connectivity index (χ4n) is 1.58. The van der Waals surface area contributed by atoms with Gasteiger partial charge in [0.2, 0.25) is 0 Å². The van der Waals surface area contributed by atoms with Crippen molar-refractivity contribution in [2.75, 3.05) is 5.32 Å². The van der Waals surface area contributed by atoms with Gasteiger partial charge in [-0.05, 0) is 36.4 Å². The molecule has 102 valence electrons. The molecule has 20 heavy (non-hydrogen) atoms. The first-order chi connectivity index (χ1) is 9.47. The molecule has 0 aliphatic rings. The molecule has 2 N–H and O–H groups in total. The van der Waals surface area contributed by atoms with Gasteiger partial charge in [0.1, 0.15) is 5.82 Å². The van der Waals surface area contributed by atoms with Gasteiger partial charge in [-0.25, -0.2) is 9.18 Å². The van der Waals surface area contributed by atoms with Crippen LogP contribution in [0.25, 0.3) is 0 Å². The zero-order chi connectivity index (χ0) is 14.7. The fourth-order valence-corrected chi connectivity index (χ4v) is 1.75. The third-order valence-electron chi connectivity index (χ3n) is 2.55. The van der Waals surface area contributed by atoms with Crippen molar-refractivity contribution in [2.24, 2.45) is 0 Å². The molecular weight excluding hydrogens is 285 g/mol. The zero-order valence-corrected chi connectivity index (χ0v) is 10.8. The summed E-state index contributed by atoms with van der Waals surface area (Å²) in [4.78, 5) is 22.8. The number of aromatic carboxylic acids is 1. The van der Waals surface area contributed by atoms with Crippen molar-refractivity contribution in [3.8, 4) is 0 Å². The largest absolute Gasteiger partial charge is 0.478 e. The third-order valence-corrected chi connectivity index (χ3v) is 2.88.